The number of carboxylic acids is 1. The Kier molecular flexibility index (Phi) is 10.4. The molecule has 0 bridgehead atoms. The average molecular weight is 233 g/mol. The quantitative estimate of drug-likeness (QED) is 0.387. The Hall–Kier alpha value is -0.650. The van der Waals surface area contributed by atoms with Crippen molar-refractivity contribution in [2.45, 2.75) is 44.6 Å². The lowest BCUT2D eigenvalue weighted by molar-refractivity contribution is -0.137. The van der Waals surface area contributed by atoms with E-state index in [1.54, 1.807) is 0 Å². The summed E-state index contributed by atoms with van der Waals surface area (Å²) in [5.41, 5.74) is 0. The summed E-state index contributed by atoms with van der Waals surface area (Å²) in [6.45, 7) is 1.42. The largest absolute Gasteiger partial charge is 0.481 e. The van der Waals surface area contributed by atoms with Crippen molar-refractivity contribution in [2.75, 3.05) is 19.7 Å². The van der Waals surface area contributed by atoms with Crippen LogP contribution in [0.1, 0.15) is 38.5 Å². The van der Waals surface area contributed by atoms with Gasteiger partial charge in [0.15, 0.2) is 0 Å². The van der Waals surface area contributed by atoms with Crippen molar-refractivity contribution in [3.8, 4) is 0 Å². The van der Waals surface area contributed by atoms with Gasteiger partial charge in [-0.1, -0.05) is 12.8 Å². The van der Waals surface area contributed by atoms with Crippen molar-refractivity contribution in [3.63, 3.8) is 0 Å². The molecule has 96 valence electrons. The first-order chi connectivity index (χ1) is 7.66. The predicted octanol–water partition coefficient (Wildman–Crippen LogP) is 0.354. The Bertz CT molecular complexity index is 175. The topological polar surface area (TPSA) is 89.8 Å². The first-order valence-electron chi connectivity index (χ1n) is 5.88. The molecule has 0 aromatic carbocycles. The lowest BCUT2D eigenvalue weighted by Gasteiger charge is -2.11. The highest BCUT2D eigenvalue weighted by Gasteiger charge is 2.03. The van der Waals surface area contributed by atoms with Gasteiger partial charge in [0.25, 0.3) is 0 Å². The van der Waals surface area contributed by atoms with Crippen LogP contribution in [0.2, 0.25) is 0 Å². The number of aliphatic hydroxyl groups excluding tert-OH is 2. The van der Waals surface area contributed by atoms with Gasteiger partial charge in [-0.05, 0) is 25.8 Å². The molecule has 0 saturated carbocycles. The number of carboxylic acid groups (broad SMARTS) is 1. The predicted molar refractivity (Wildman–Crippen MR) is 61.3 cm³/mol. The number of hydrogen-bond acceptors (Lipinski definition) is 4. The third-order valence-corrected chi connectivity index (χ3v) is 2.32. The van der Waals surface area contributed by atoms with E-state index < -0.39 is 5.97 Å². The van der Waals surface area contributed by atoms with Crippen molar-refractivity contribution < 1.29 is 20.1 Å². The summed E-state index contributed by atoms with van der Waals surface area (Å²) in [4.78, 5) is 10.2. The second kappa shape index (κ2) is 10.9. The monoisotopic (exact) mass is 233 g/mol. The van der Waals surface area contributed by atoms with Crippen LogP contribution in [-0.4, -0.2) is 47.1 Å². The van der Waals surface area contributed by atoms with Gasteiger partial charge in [-0.2, -0.15) is 0 Å². The SMILES string of the molecule is O=C(O)CCCCCC(O)CNCCCO. The lowest BCUT2D eigenvalue weighted by Crippen LogP contribution is -2.27. The zero-order valence-electron chi connectivity index (χ0n) is 9.69. The summed E-state index contributed by atoms with van der Waals surface area (Å²) in [6.07, 6.45) is 3.63. The normalized spacial score (nSPS) is 12.6. The maximum Gasteiger partial charge on any atom is 0.303 e. The van der Waals surface area contributed by atoms with Crippen molar-refractivity contribution in [3.05, 3.63) is 0 Å². The second-order valence-corrected chi connectivity index (χ2v) is 3.93. The van der Waals surface area contributed by atoms with E-state index in [0.717, 1.165) is 12.8 Å². The smallest absolute Gasteiger partial charge is 0.303 e. The van der Waals surface area contributed by atoms with Crippen LogP contribution in [0.15, 0.2) is 0 Å². The molecule has 5 nitrogen and oxygen atoms in total. The van der Waals surface area contributed by atoms with E-state index in [1.165, 1.54) is 0 Å². The first-order valence-corrected chi connectivity index (χ1v) is 5.88. The highest BCUT2D eigenvalue weighted by atomic mass is 16.4. The summed E-state index contributed by atoms with van der Waals surface area (Å²) in [5, 5.41) is 29.5. The van der Waals surface area contributed by atoms with Crippen LogP contribution in [0, 0.1) is 0 Å². The fourth-order valence-corrected chi connectivity index (χ4v) is 1.41. The highest BCUT2D eigenvalue weighted by molar-refractivity contribution is 5.66. The van der Waals surface area contributed by atoms with Gasteiger partial charge in [0.2, 0.25) is 0 Å². The van der Waals surface area contributed by atoms with E-state index in [2.05, 4.69) is 5.32 Å². The summed E-state index contributed by atoms with van der Waals surface area (Å²) < 4.78 is 0. The van der Waals surface area contributed by atoms with Gasteiger partial charge in [0.1, 0.15) is 0 Å². The number of aliphatic hydroxyl groups is 2. The molecule has 1 atom stereocenters. The standard InChI is InChI=1S/C11H23NO4/c13-8-4-7-12-9-10(14)5-2-1-3-6-11(15)16/h10,12-14H,1-9H2,(H,15,16). The third-order valence-electron chi connectivity index (χ3n) is 2.32. The van der Waals surface area contributed by atoms with Gasteiger partial charge in [-0.3, -0.25) is 4.79 Å². The van der Waals surface area contributed by atoms with Crippen LogP contribution in [0.25, 0.3) is 0 Å². The van der Waals surface area contributed by atoms with Crippen molar-refractivity contribution in [1.29, 1.82) is 0 Å². The first kappa shape index (κ1) is 15.3. The molecule has 0 fully saturated rings. The number of rotatable bonds is 11. The molecular formula is C11H23NO4. The zero-order chi connectivity index (χ0) is 12.2. The van der Waals surface area contributed by atoms with Gasteiger partial charge in [-0.15, -0.1) is 0 Å². The number of aliphatic carboxylic acids is 1. The Morgan fingerprint density at radius 2 is 1.94 bits per heavy atom. The zero-order valence-corrected chi connectivity index (χ0v) is 9.69. The summed E-state index contributed by atoms with van der Waals surface area (Å²) >= 11 is 0. The van der Waals surface area contributed by atoms with Crippen LogP contribution < -0.4 is 5.32 Å². The molecule has 0 aliphatic rings. The fraction of sp³-hybridized carbons (Fsp3) is 0.909. The van der Waals surface area contributed by atoms with Crippen molar-refractivity contribution in [2.24, 2.45) is 0 Å². The maximum absolute atomic E-state index is 10.2. The molecule has 0 aliphatic heterocycles. The third kappa shape index (κ3) is 11.4. The summed E-state index contributed by atoms with van der Waals surface area (Å²) in [7, 11) is 0. The Balaban J connectivity index is 3.17. The molecule has 4 N–H and O–H groups in total. The molecule has 0 heterocycles. The average Bonchev–Trinajstić information content (AvgIpc) is 2.23. The molecule has 0 aromatic rings. The molecule has 0 radical (unpaired) electrons. The Morgan fingerprint density at radius 1 is 1.19 bits per heavy atom. The van der Waals surface area contributed by atoms with E-state index in [0.29, 0.717) is 32.4 Å². The lowest BCUT2D eigenvalue weighted by atomic mass is 10.1. The van der Waals surface area contributed by atoms with Gasteiger partial charge in [0.05, 0.1) is 6.10 Å². The minimum absolute atomic E-state index is 0.165. The van der Waals surface area contributed by atoms with Crippen LogP contribution in [0.4, 0.5) is 0 Å². The number of hydrogen-bond donors (Lipinski definition) is 4. The molecule has 16 heavy (non-hydrogen) atoms. The number of nitrogens with one attached hydrogen (secondary N) is 1. The summed E-state index contributed by atoms with van der Waals surface area (Å²) in [6, 6.07) is 0. The second-order valence-electron chi connectivity index (χ2n) is 3.93. The number of unbranched alkanes of at least 4 members (excludes halogenated alkanes) is 2. The van der Waals surface area contributed by atoms with Gasteiger partial charge >= 0.3 is 5.97 Å². The molecule has 5 heteroatoms. The van der Waals surface area contributed by atoms with Crippen LogP contribution in [-0.2, 0) is 4.79 Å². The molecule has 0 spiro atoms. The van der Waals surface area contributed by atoms with Crippen molar-refractivity contribution in [1.82, 2.24) is 5.32 Å². The Morgan fingerprint density at radius 3 is 2.56 bits per heavy atom. The van der Waals surface area contributed by atoms with Gasteiger partial charge in [-0.25, -0.2) is 0 Å². The van der Waals surface area contributed by atoms with Crippen LogP contribution >= 0.6 is 0 Å². The number of carbonyl (C=O) groups is 1. The Labute approximate surface area is 96.5 Å². The molecule has 1 unspecified atom stereocenters. The molecule has 0 aliphatic carbocycles. The molecule has 0 rings (SSSR count). The van der Waals surface area contributed by atoms with Crippen LogP contribution in [0.5, 0.6) is 0 Å². The fourth-order valence-electron chi connectivity index (χ4n) is 1.41. The molecule has 0 amide bonds. The van der Waals surface area contributed by atoms with Crippen molar-refractivity contribution >= 4 is 5.97 Å². The summed E-state index contributed by atoms with van der Waals surface area (Å²) in [5.74, 6) is -0.758. The molecule has 0 saturated heterocycles. The van der Waals surface area contributed by atoms with E-state index in [1.807, 2.05) is 0 Å². The minimum Gasteiger partial charge on any atom is -0.481 e. The van der Waals surface area contributed by atoms with E-state index in [4.69, 9.17) is 10.2 Å². The molecular weight excluding hydrogens is 210 g/mol. The minimum atomic E-state index is -0.758. The molecule has 0 aromatic heterocycles. The van der Waals surface area contributed by atoms with E-state index >= 15 is 0 Å². The van der Waals surface area contributed by atoms with Gasteiger partial charge in [0, 0.05) is 19.6 Å². The van der Waals surface area contributed by atoms with Gasteiger partial charge < -0.3 is 20.6 Å². The van der Waals surface area contributed by atoms with Crippen LogP contribution in [0.3, 0.4) is 0 Å². The maximum atomic E-state index is 10.2. The van der Waals surface area contributed by atoms with E-state index in [9.17, 15) is 9.90 Å². The highest BCUT2D eigenvalue weighted by Crippen LogP contribution is 2.05. The van der Waals surface area contributed by atoms with E-state index in [-0.39, 0.29) is 19.1 Å².